The molecule has 1 aromatic heterocycles. The van der Waals surface area contributed by atoms with Gasteiger partial charge in [0.15, 0.2) is 0 Å². The second kappa shape index (κ2) is 4.13. The summed E-state index contributed by atoms with van der Waals surface area (Å²) < 4.78 is 27.7. The van der Waals surface area contributed by atoms with E-state index in [1.807, 2.05) is 19.3 Å². The number of aryl methyl sites for hydroxylation is 1. The quantitative estimate of drug-likeness (QED) is 0.845. The largest absolute Gasteiger partial charge is 0.322 e. The first-order chi connectivity index (χ1) is 7.48. The van der Waals surface area contributed by atoms with Crippen LogP contribution in [0.4, 0.5) is 8.78 Å². The third-order valence-corrected chi connectivity index (χ3v) is 3.35. The van der Waals surface area contributed by atoms with Gasteiger partial charge in [0, 0.05) is 26.1 Å². The van der Waals surface area contributed by atoms with E-state index in [2.05, 4.69) is 5.10 Å². The Balaban J connectivity index is 1.99. The molecule has 1 unspecified atom stereocenters. The molecule has 90 valence electrons. The first-order valence-electron chi connectivity index (χ1n) is 5.61. The second-order valence-corrected chi connectivity index (χ2v) is 4.63. The lowest BCUT2D eigenvalue weighted by molar-refractivity contribution is -0.0485. The van der Waals surface area contributed by atoms with Gasteiger partial charge in [-0.25, -0.2) is 8.78 Å². The van der Waals surface area contributed by atoms with Crippen LogP contribution in [0.25, 0.3) is 0 Å². The lowest BCUT2D eigenvalue weighted by atomic mass is 9.81. The zero-order valence-electron chi connectivity index (χ0n) is 9.37. The summed E-state index contributed by atoms with van der Waals surface area (Å²) in [5, 5.41) is 4.23. The summed E-state index contributed by atoms with van der Waals surface area (Å²) in [5.74, 6) is -2.35. The van der Waals surface area contributed by atoms with Crippen molar-refractivity contribution in [3.05, 3.63) is 18.0 Å². The first-order valence-corrected chi connectivity index (χ1v) is 5.61. The molecule has 3 nitrogen and oxygen atoms in total. The van der Waals surface area contributed by atoms with E-state index in [9.17, 15) is 8.78 Å². The predicted octanol–water partition coefficient (Wildman–Crippen LogP) is 2.25. The van der Waals surface area contributed by atoms with Crippen LogP contribution in [0.5, 0.6) is 0 Å². The van der Waals surface area contributed by atoms with Crippen LogP contribution < -0.4 is 5.73 Å². The van der Waals surface area contributed by atoms with E-state index < -0.39 is 5.92 Å². The van der Waals surface area contributed by atoms with Gasteiger partial charge < -0.3 is 5.73 Å². The summed E-state index contributed by atoms with van der Waals surface area (Å²) in [6.07, 6.45) is 2.72. The minimum Gasteiger partial charge on any atom is -0.322 e. The van der Waals surface area contributed by atoms with E-state index in [4.69, 9.17) is 5.73 Å². The van der Waals surface area contributed by atoms with Gasteiger partial charge >= 0.3 is 0 Å². The fourth-order valence-corrected chi connectivity index (χ4v) is 2.27. The average molecular weight is 229 g/mol. The SMILES string of the molecule is Cn1ccc(C(N)C2CCC(F)(F)CC2)n1. The third kappa shape index (κ3) is 2.40. The number of nitrogens with two attached hydrogens (primary N) is 1. The Bertz CT molecular complexity index is 352. The lowest BCUT2D eigenvalue weighted by Gasteiger charge is -2.31. The summed E-state index contributed by atoms with van der Waals surface area (Å²) in [4.78, 5) is 0. The van der Waals surface area contributed by atoms with Gasteiger partial charge in [-0.05, 0) is 24.8 Å². The van der Waals surface area contributed by atoms with Gasteiger partial charge in [0.05, 0.1) is 11.7 Å². The normalized spacial score (nSPS) is 23.2. The molecule has 0 saturated heterocycles. The molecule has 1 aliphatic rings. The minimum absolute atomic E-state index is 0.0435. The number of nitrogens with zero attached hydrogens (tertiary/aromatic N) is 2. The zero-order chi connectivity index (χ0) is 11.8. The molecule has 1 atom stereocenters. The molecule has 2 N–H and O–H groups in total. The van der Waals surface area contributed by atoms with Crippen LogP contribution in [0.3, 0.4) is 0 Å². The number of rotatable bonds is 2. The predicted molar refractivity (Wildman–Crippen MR) is 57.0 cm³/mol. The zero-order valence-corrected chi connectivity index (χ0v) is 9.37. The Morgan fingerprint density at radius 1 is 1.50 bits per heavy atom. The Labute approximate surface area is 93.6 Å². The van der Waals surface area contributed by atoms with Crippen LogP contribution >= 0.6 is 0 Å². The summed E-state index contributed by atoms with van der Waals surface area (Å²) in [7, 11) is 1.82. The highest BCUT2D eigenvalue weighted by molar-refractivity contribution is 5.06. The van der Waals surface area contributed by atoms with Crippen molar-refractivity contribution in [2.75, 3.05) is 0 Å². The van der Waals surface area contributed by atoms with Gasteiger partial charge in [0.25, 0.3) is 0 Å². The fraction of sp³-hybridized carbons (Fsp3) is 0.727. The van der Waals surface area contributed by atoms with Crippen LogP contribution in [0, 0.1) is 5.92 Å². The second-order valence-electron chi connectivity index (χ2n) is 4.63. The molecule has 0 aliphatic heterocycles. The molecule has 1 fully saturated rings. The van der Waals surface area contributed by atoms with Gasteiger partial charge in [-0.1, -0.05) is 0 Å². The van der Waals surface area contributed by atoms with E-state index in [0.717, 1.165) is 5.69 Å². The molecule has 0 aromatic carbocycles. The molecule has 0 radical (unpaired) electrons. The fourth-order valence-electron chi connectivity index (χ4n) is 2.27. The highest BCUT2D eigenvalue weighted by atomic mass is 19.3. The van der Waals surface area contributed by atoms with E-state index in [0.29, 0.717) is 12.8 Å². The molecule has 1 aliphatic carbocycles. The van der Waals surface area contributed by atoms with Gasteiger partial charge in [-0.2, -0.15) is 5.10 Å². The van der Waals surface area contributed by atoms with E-state index in [-0.39, 0.29) is 24.8 Å². The third-order valence-electron chi connectivity index (χ3n) is 3.35. The van der Waals surface area contributed by atoms with Crippen molar-refractivity contribution < 1.29 is 8.78 Å². The topological polar surface area (TPSA) is 43.8 Å². The van der Waals surface area contributed by atoms with Crippen molar-refractivity contribution in [1.29, 1.82) is 0 Å². The van der Waals surface area contributed by atoms with Crippen LogP contribution in [0.15, 0.2) is 12.3 Å². The summed E-state index contributed by atoms with van der Waals surface area (Å²) >= 11 is 0. The van der Waals surface area contributed by atoms with Crippen molar-refractivity contribution in [3.63, 3.8) is 0 Å². The van der Waals surface area contributed by atoms with Crippen molar-refractivity contribution in [2.45, 2.75) is 37.6 Å². The molecule has 5 heteroatoms. The van der Waals surface area contributed by atoms with Gasteiger partial charge in [-0.3, -0.25) is 4.68 Å². The molecule has 2 rings (SSSR count). The molecule has 1 saturated carbocycles. The van der Waals surface area contributed by atoms with E-state index in [1.54, 1.807) is 4.68 Å². The van der Waals surface area contributed by atoms with Crippen molar-refractivity contribution in [3.8, 4) is 0 Å². The van der Waals surface area contributed by atoms with Crippen molar-refractivity contribution in [1.82, 2.24) is 9.78 Å². The minimum atomic E-state index is -2.49. The number of hydrogen-bond acceptors (Lipinski definition) is 2. The van der Waals surface area contributed by atoms with Crippen LogP contribution in [-0.4, -0.2) is 15.7 Å². The molecule has 16 heavy (non-hydrogen) atoms. The van der Waals surface area contributed by atoms with Gasteiger partial charge in [0.2, 0.25) is 5.92 Å². The lowest BCUT2D eigenvalue weighted by Crippen LogP contribution is -2.31. The summed E-state index contributed by atoms with van der Waals surface area (Å²) in [5.41, 5.74) is 6.85. The number of hydrogen-bond donors (Lipinski definition) is 1. The molecule has 0 spiro atoms. The number of alkyl halides is 2. The maximum Gasteiger partial charge on any atom is 0.248 e. The monoisotopic (exact) mass is 229 g/mol. The number of halogens is 2. The smallest absolute Gasteiger partial charge is 0.248 e. The van der Waals surface area contributed by atoms with Crippen LogP contribution in [-0.2, 0) is 7.05 Å². The maximum absolute atomic E-state index is 13.0. The molecular formula is C11H17F2N3. The highest BCUT2D eigenvalue weighted by Gasteiger charge is 2.37. The summed E-state index contributed by atoms with van der Waals surface area (Å²) in [6.45, 7) is 0. The first kappa shape index (κ1) is 11.5. The molecule has 0 bridgehead atoms. The Kier molecular flexibility index (Phi) is 2.97. The number of aromatic nitrogens is 2. The Hall–Kier alpha value is -0.970. The highest BCUT2D eigenvalue weighted by Crippen LogP contribution is 2.40. The maximum atomic E-state index is 13.0. The standard InChI is InChI=1S/C11H17F2N3/c1-16-7-4-9(15-16)10(14)8-2-5-11(12,13)6-3-8/h4,7-8,10H,2-3,5-6,14H2,1H3. The van der Waals surface area contributed by atoms with Crippen molar-refractivity contribution >= 4 is 0 Å². The van der Waals surface area contributed by atoms with E-state index in [1.165, 1.54) is 0 Å². The van der Waals surface area contributed by atoms with E-state index >= 15 is 0 Å². The molecule has 1 heterocycles. The molecular weight excluding hydrogens is 212 g/mol. The Morgan fingerprint density at radius 2 is 2.12 bits per heavy atom. The Morgan fingerprint density at radius 3 is 2.62 bits per heavy atom. The summed E-state index contributed by atoms with van der Waals surface area (Å²) in [6, 6.07) is 1.65. The molecule has 0 amide bonds. The van der Waals surface area contributed by atoms with Gasteiger partial charge in [-0.15, -0.1) is 0 Å². The van der Waals surface area contributed by atoms with Crippen LogP contribution in [0.2, 0.25) is 0 Å². The van der Waals surface area contributed by atoms with Crippen molar-refractivity contribution in [2.24, 2.45) is 18.7 Å². The van der Waals surface area contributed by atoms with Crippen LogP contribution in [0.1, 0.15) is 37.4 Å². The molecule has 1 aromatic rings. The average Bonchev–Trinajstić information content (AvgIpc) is 2.64. The van der Waals surface area contributed by atoms with Gasteiger partial charge in [0.1, 0.15) is 0 Å².